The van der Waals surface area contributed by atoms with Crippen molar-refractivity contribution in [1.29, 1.82) is 0 Å². The second kappa shape index (κ2) is 3.85. The second-order valence-corrected chi connectivity index (χ2v) is 4.17. The van der Waals surface area contributed by atoms with E-state index >= 15 is 0 Å². The molecule has 1 fully saturated rings. The first-order valence-corrected chi connectivity index (χ1v) is 4.80. The van der Waals surface area contributed by atoms with Crippen molar-refractivity contribution < 1.29 is 5.21 Å². The zero-order valence-corrected chi connectivity index (χ0v) is 8.57. The van der Waals surface area contributed by atoms with E-state index < -0.39 is 0 Å². The molecule has 0 spiro atoms. The molecular formula is C9H19N3O. The lowest BCUT2D eigenvalue weighted by Crippen LogP contribution is -2.51. The summed E-state index contributed by atoms with van der Waals surface area (Å²) in [4.78, 5) is 1.97. The maximum absolute atomic E-state index is 8.60. The Bertz CT molecular complexity index is 205. The Balaban J connectivity index is 2.72. The fourth-order valence-corrected chi connectivity index (χ4v) is 2.07. The van der Waals surface area contributed by atoms with Crippen LogP contribution in [0.5, 0.6) is 0 Å². The molecule has 3 unspecified atom stereocenters. The molecule has 1 heterocycles. The highest BCUT2D eigenvalue weighted by Gasteiger charge is 2.29. The Hall–Kier alpha value is -0.930. The Morgan fingerprint density at radius 1 is 1.46 bits per heavy atom. The van der Waals surface area contributed by atoms with Gasteiger partial charge in [-0.15, -0.1) is 0 Å². The SMILES string of the molecule is CC1CC(C)C(C)N(C(N)=NO)C1. The van der Waals surface area contributed by atoms with Gasteiger partial charge in [0.1, 0.15) is 0 Å². The average molecular weight is 185 g/mol. The zero-order valence-electron chi connectivity index (χ0n) is 8.57. The summed E-state index contributed by atoms with van der Waals surface area (Å²) in [5.74, 6) is 1.46. The lowest BCUT2D eigenvalue weighted by Gasteiger charge is -2.41. The van der Waals surface area contributed by atoms with Crippen LogP contribution in [0.3, 0.4) is 0 Å². The van der Waals surface area contributed by atoms with E-state index in [1.807, 2.05) is 4.90 Å². The molecule has 1 aliphatic rings. The number of oxime groups is 1. The van der Waals surface area contributed by atoms with Crippen LogP contribution in [0.4, 0.5) is 0 Å². The predicted octanol–water partition coefficient (Wildman–Crippen LogP) is 1.06. The van der Waals surface area contributed by atoms with E-state index in [2.05, 4.69) is 25.9 Å². The lowest BCUT2D eigenvalue weighted by molar-refractivity contribution is 0.139. The van der Waals surface area contributed by atoms with Crippen molar-refractivity contribution in [1.82, 2.24) is 4.90 Å². The maximum atomic E-state index is 8.60. The van der Waals surface area contributed by atoms with E-state index in [9.17, 15) is 0 Å². The van der Waals surface area contributed by atoms with Gasteiger partial charge in [0, 0.05) is 12.6 Å². The van der Waals surface area contributed by atoms with E-state index in [1.54, 1.807) is 0 Å². The number of rotatable bonds is 0. The Labute approximate surface area is 79.4 Å². The summed E-state index contributed by atoms with van der Waals surface area (Å²) in [5, 5.41) is 11.7. The molecule has 0 bridgehead atoms. The number of nitrogens with two attached hydrogens (primary N) is 1. The third kappa shape index (κ3) is 2.05. The minimum atomic E-state index is 0.242. The maximum Gasteiger partial charge on any atom is 0.233 e. The number of hydrogen-bond donors (Lipinski definition) is 2. The minimum Gasteiger partial charge on any atom is -0.408 e. The predicted molar refractivity (Wildman–Crippen MR) is 52.5 cm³/mol. The van der Waals surface area contributed by atoms with Crippen molar-refractivity contribution in [3.63, 3.8) is 0 Å². The van der Waals surface area contributed by atoms with Gasteiger partial charge < -0.3 is 15.8 Å². The fraction of sp³-hybridized carbons (Fsp3) is 0.889. The monoisotopic (exact) mass is 185 g/mol. The van der Waals surface area contributed by atoms with Gasteiger partial charge in [-0.25, -0.2) is 0 Å². The first-order chi connectivity index (χ1) is 6.06. The van der Waals surface area contributed by atoms with Crippen LogP contribution in [0.1, 0.15) is 27.2 Å². The van der Waals surface area contributed by atoms with Gasteiger partial charge in [0.25, 0.3) is 0 Å². The molecule has 3 N–H and O–H groups in total. The van der Waals surface area contributed by atoms with Gasteiger partial charge in [0.2, 0.25) is 5.96 Å². The molecule has 0 amide bonds. The minimum absolute atomic E-state index is 0.242. The van der Waals surface area contributed by atoms with Gasteiger partial charge in [0.15, 0.2) is 0 Å². The summed E-state index contributed by atoms with van der Waals surface area (Å²) in [6, 6.07) is 0.368. The van der Waals surface area contributed by atoms with Crippen LogP contribution in [0.2, 0.25) is 0 Å². The van der Waals surface area contributed by atoms with Gasteiger partial charge in [-0.2, -0.15) is 0 Å². The fourth-order valence-electron chi connectivity index (χ4n) is 2.07. The van der Waals surface area contributed by atoms with Crippen LogP contribution in [0, 0.1) is 11.8 Å². The van der Waals surface area contributed by atoms with Gasteiger partial charge in [-0.05, 0) is 25.2 Å². The van der Waals surface area contributed by atoms with Crippen LogP contribution in [-0.4, -0.2) is 28.7 Å². The third-order valence-electron chi connectivity index (χ3n) is 2.99. The standard InChI is InChI=1S/C9H19N3O/c1-6-4-7(2)8(3)12(5-6)9(10)11-13/h6-8,13H,4-5H2,1-3H3,(H2,10,11). The van der Waals surface area contributed by atoms with E-state index in [1.165, 1.54) is 6.42 Å². The van der Waals surface area contributed by atoms with E-state index in [4.69, 9.17) is 10.9 Å². The lowest BCUT2D eigenvalue weighted by atomic mass is 9.86. The Morgan fingerprint density at radius 2 is 2.08 bits per heavy atom. The van der Waals surface area contributed by atoms with Crippen LogP contribution < -0.4 is 5.73 Å². The van der Waals surface area contributed by atoms with Crippen LogP contribution in [0.15, 0.2) is 5.16 Å². The van der Waals surface area contributed by atoms with Crippen molar-refractivity contribution in [2.24, 2.45) is 22.7 Å². The summed E-state index contributed by atoms with van der Waals surface area (Å²) in [7, 11) is 0. The normalized spacial score (nSPS) is 36.4. The Morgan fingerprint density at radius 3 is 2.62 bits per heavy atom. The highest BCUT2D eigenvalue weighted by molar-refractivity contribution is 5.77. The smallest absolute Gasteiger partial charge is 0.233 e. The molecule has 0 aromatic heterocycles. The number of guanidine groups is 1. The van der Waals surface area contributed by atoms with Crippen LogP contribution in [-0.2, 0) is 0 Å². The largest absolute Gasteiger partial charge is 0.408 e. The molecular weight excluding hydrogens is 166 g/mol. The molecule has 1 saturated heterocycles. The number of likely N-dealkylation sites (tertiary alicyclic amines) is 1. The highest BCUT2D eigenvalue weighted by Crippen LogP contribution is 2.26. The third-order valence-corrected chi connectivity index (χ3v) is 2.99. The summed E-state index contributed by atoms with van der Waals surface area (Å²) < 4.78 is 0. The quantitative estimate of drug-likeness (QED) is 0.257. The number of piperidine rings is 1. The number of nitrogens with zero attached hydrogens (tertiary/aromatic N) is 2. The van der Waals surface area contributed by atoms with Crippen molar-refractivity contribution in [3.8, 4) is 0 Å². The highest BCUT2D eigenvalue weighted by atomic mass is 16.4. The van der Waals surface area contributed by atoms with E-state index in [0.29, 0.717) is 17.9 Å². The molecule has 1 rings (SSSR count). The molecule has 4 heteroatoms. The average Bonchev–Trinajstić information content (AvgIpc) is 2.10. The summed E-state index contributed by atoms with van der Waals surface area (Å²) in [6.07, 6.45) is 1.22. The molecule has 0 radical (unpaired) electrons. The molecule has 0 aliphatic carbocycles. The van der Waals surface area contributed by atoms with Gasteiger partial charge in [0.05, 0.1) is 0 Å². The first-order valence-electron chi connectivity index (χ1n) is 4.80. The summed E-state index contributed by atoms with van der Waals surface area (Å²) >= 11 is 0. The second-order valence-electron chi connectivity index (χ2n) is 4.17. The van der Waals surface area contributed by atoms with Gasteiger partial charge in [-0.3, -0.25) is 0 Å². The summed E-state index contributed by atoms with van der Waals surface area (Å²) in [6.45, 7) is 7.41. The van der Waals surface area contributed by atoms with E-state index in [0.717, 1.165) is 6.54 Å². The topological polar surface area (TPSA) is 61.8 Å². The van der Waals surface area contributed by atoms with Crippen LogP contribution in [0.25, 0.3) is 0 Å². The van der Waals surface area contributed by atoms with Crippen molar-refractivity contribution in [3.05, 3.63) is 0 Å². The van der Waals surface area contributed by atoms with Gasteiger partial charge >= 0.3 is 0 Å². The zero-order chi connectivity index (χ0) is 10.0. The molecule has 13 heavy (non-hydrogen) atoms. The van der Waals surface area contributed by atoms with Gasteiger partial charge in [-0.1, -0.05) is 19.0 Å². The first kappa shape index (κ1) is 10.2. The molecule has 4 nitrogen and oxygen atoms in total. The molecule has 1 aliphatic heterocycles. The Kier molecular flexibility index (Phi) is 3.01. The number of hydrogen-bond acceptors (Lipinski definition) is 2. The van der Waals surface area contributed by atoms with Crippen molar-refractivity contribution in [2.45, 2.75) is 33.2 Å². The molecule has 0 aromatic rings. The van der Waals surface area contributed by atoms with Crippen LogP contribution >= 0.6 is 0 Å². The molecule has 3 atom stereocenters. The molecule has 0 saturated carbocycles. The summed E-state index contributed by atoms with van der Waals surface area (Å²) in [5.41, 5.74) is 5.59. The van der Waals surface area contributed by atoms with E-state index in [-0.39, 0.29) is 5.96 Å². The molecule has 0 aromatic carbocycles. The van der Waals surface area contributed by atoms with Crippen molar-refractivity contribution >= 4 is 5.96 Å². The molecule has 76 valence electrons. The van der Waals surface area contributed by atoms with Crippen molar-refractivity contribution in [2.75, 3.05) is 6.54 Å².